The van der Waals surface area contributed by atoms with E-state index in [0.29, 0.717) is 22.9 Å². The fourth-order valence-electron chi connectivity index (χ4n) is 1.93. The normalized spacial score (nSPS) is 11.2. The highest BCUT2D eigenvalue weighted by Gasteiger charge is 2.11. The number of aryl methyl sites for hydroxylation is 3. The second-order valence-corrected chi connectivity index (χ2v) is 7.25. The molecule has 116 valence electrons. The minimum atomic E-state index is 0.534. The zero-order valence-electron chi connectivity index (χ0n) is 12.6. The summed E-state index contributed by atoms with van der Waals surface area (Å²) in [4.78, 5) is 13.0. The molecular weight excluding hydrogens is 320 g/mol. The molecule has 22 heavy (non-hydrogen) atoms. The molecule has 3 rings (SSSR count). The van der Waals surface area contributed by atoms with Crippen LogP contribution >= 0.6 is 23.1 Å². The zero-order chi connectivity index (χ0) is 15.5. The van der Waals surface area contributed by atoms with Crippen LogP contribution in [0, 0.1) is 20.8 Å². The molecule has 3 aromatic heterocycles. The molecule has 1 N–H and O–H groups in total. The predicted octanol–water partition coefficient (Wildman–Crippen LogP) is 2.99. The Balaban J connectivity index is 1.55. The van der Waals surface area contributed by atoms with Crippen LogP contribution in [-0.2, 0) is 0 Å². The largest absolute Gasteiger partial charge is 0.422 e. The topological polar surface area (TPSA) is 89.6 Å². The van der Waals surface area contributed by atoms with Gasteiger partial charge < -0.3 is 9.73 Å². The second-order valence-electron chi connectivity index (χ2n) is 4.72. The van der Waals surface area contributed by atoms with Gasteiger partial charge in [-0.1, -0.05) is 23.1 Å². The van der Waals surface area contributed by atoms with Crippen molar-refractivity contribution in [2.24, 2.45) is 0 Å². The molecule has 0 atom stereocenters. The summed E-state index contributed by atoms with van der Waals surface area (Å²) in [5.41, 5.74) is 1.22. The third-order valence-electron chi connectivity index (χ3n) is 2.82. The quantitative estimate of drug-likeness (QED) is 0.543. The summed E-state index contributed by atoms with van der Waals surface area (Å²) >= 11 is 3.35. The van der Waals surface area contributed by atoms with E-state index < -0.39 is 0 Å². The van der Waals surface area contributed by atoms with Crippen molar-refractivity contribution >= 4 is 40.1 Å². The van der Waals surface area contributed by atoms with Gasteiger partial charge >= 0.3 is 0 Å². The highest BCUT2D eigenvalue weighted by molar-refractivity contribution is 8.01. The molecule has 7 nitrogen and oxygen atoms in total. The van der Waals surface area contributed by atoms with Crippen molar-refractivity contribution < 1.29 is 4.42 Å². The summed E-state index contributed by atoms with van der Waals surface area (Å²) in [5, 5.41) is 12.4. The van der Waals surface area contributed by atoms with Gasteiger partial charge in [0.25, 0.3) is 5.71 Å². The lowest BCUT2D eigenvalue weighted by Crippen LogP contribution is -2.06. The fraction of sp³-hybridized carbons (Fsp3) is 0.462. The van der Waals surface area contributed by atoms with Crippen molar-refractivity contribution in [3.05, 3.63) is 16.7 Å². The molecule has 3 aromatic rings. The summed E-state index contributed by atoms with van der Waals surface area (Å²) in [6.45, 7) is 6.42. The van der Waals surface area contributed by atoms with Gasteiger partial charge in [0, 0.05) is 19.2 Å². The number of nitrogens with one attached hydrogen (secondary N) is 1. The fourth-order valence-corrected chi connectivity index (χ4v) is 3.76. The standard InChI is InChI=1S/C13H16N6OS2/c1-7-15-11(10-12(16-7)20-8(2)17-10)14-5-4-6-21-13-19-18-9(3)22-13/h4-6H2,1-3H3,(H,14,15,16). The summed E-state index contributed by atoms with van der Waals surface area (Å²) in [7, 11) is 0. The number of oxazole rings is 1. The van der Waals surface area contributed by atoms with Gasteiger partial charge in [-0.2, -0.15) is 4.98 Å². The van der Waals surface area contributed by atoms with Gasteiger partial charge in [-0.25, -0.2) is 9.97 Å². The smallest absolute Gasteiger partial charge is 0.252 e. The van der Waals surface area contributed by atoms with Crippen LogP contribution in [0.25, 0.3) is 11.2 Å². The number of hydrogen-bond donors (Lipinski definition) is 1. The van der Waals surface area contributed by atoms with Crippen LogP contribution in [0.2, 0.25) is 0 Å². The molecule has 0 unspecified atom stereocenters. The molecule has 9 heteroatoms. The number of anilines is 1. The Labute approximate surface area is 136 Å². The van der Waals surface area contributed by atoms with Crippen molar-refractivity contribution in [3.8, 4) is 0 Å². The molecule has 0 aliphatic heterocycles. The number of fused-ring (bicyclic) bond motifs is 1. The van der Waals surface area contributed by atoms with E-state index >= 15 is 0 Å². The van der Waals surface area contributed by atoms with Crippen LogP contribution in [0.1, 0.15) is 23.1 Å². The monoisotopic (exact) mass is 336 g/mol. The Morgan fingerprint density at radius 1 is 1.14 bits per heavy atom. The van der Waals surface area contributed by atoms with Gasteiger partial charge in [-0.15, -0.1) is 10.2 Å². The Kier molecular flexibility index (Phi) is 4.53. The first kappa shape index (κ1) is 15.2. The van der Waals surface area contributed by atoms with Crippen molar-refractivity contribution in [2.45, 2.75) is 31.5 Å². The van der Waals surface area contributed by atoms with E-state index in [1.165, 1.54) is 0 Å². The van der Waals surface area contributed by atoms with Crippen LogP contribution in [-0.4, -0.2) is 37.4 Å². The SMILES string of the molecule is Cc1nc(NCCCSc2nnc(C)s2)c2nc(C)oc2n1. The van der Waals surface area contributed by atoms with Gasteiger partial charge in [0.15, 0.2) is 21.6 Å². The van der Waals surface area contributed by atoms with E-state index in [1.807, 2.05) is 20.8 Å². The number of hydrogen-bond acceptors (Lipinski definition) is 9. The van der Waals surface area contributed by atoms with Crippen molar-refractivity contribution in [1.82, 2.24) is 25.1 Å². The first-order chi connectivity index (χ1) is 10.6. The zero-order valence-corrected chi connectivity index (χ0v) is 14.2. The van der Waals surface area contributed by atoms with Gasteiger partial charge in [-0.05, 0) is 20.3 Å². The maximum atomic E-state index is 5.46. The lowest BCUT2D eigenvalue weighted by atomic mass is 10.4. The highest BCUT2D eigenvalue weighted by atomic mass is 32.2. The Hall–Kier alpha value is -1.74. The molecule has 0 radical (unpaired) electrons. The Morgan fingerprint density at radius 2 is 2.00 bits per heavy atom. The van der Waals surface area contributed by atoms with Crippen molar-refractivity contribution in [2.75, 3.05) is 17.6 Å². The molecule has 3 heterocycles. The molecule has 0 aliphatic carbocycles. The molecule has 0 bridgehead atoms. The molecule has 0 saturated heterocycles. The minimum absolute atomic E-state index is 0.534. The number of aromatic nitrogens is 5. The summed E-state index contributed by atoms with van der Waals surface area (Å²) in [6.07, 6.45) is 0.991. The average molecular weight is 336 g/mol. The minimum Gasteiger partial charge on any atom is -0.422 e. The van der Waals surface area contributed by atoms with Gasteiger partial charge in [0.2, 0.25) is 0 Å². The summed E-state index contributed by atoms with van der Waals surface area (Å²) in [5.74, 6) is 2.98. The van der Waals surface area contributed by atoms with Crippen molar-refractivity contribution in [3.63, 3.8) is 0 Å². The molecule has 0 amide bonds. The predicted molar refractivity (Wildman–Crippen MR) is 87.5 cm³/mol. The van der Waals surface area contributed by atoms with E-state index in [9.17, 15) is 0 Å². The third-order valence-corrected chi connectivity index (χ3v) is 4.88. The van der Waals surface area contributed by atoms with E-state index in [1.54, 1.807) is 23.1 Å². The molecule has 0 aliphatic rings. The second kappa shape index (κ2) is 6.57. The Morgan fingerprint density at radius 3 is 2.77 bits per heavy atom. The lowest BCUT2D eigenvalue weighted by molar-refractivity contribution is 0.550. The molecule has 0 aromatic carbocycles. The number of nitrogens with zero attached hydrogens (tertiary/aromatic N) is 5. The van der Waals surface area contributed by atoms with Crippen LogP contribution < -0.4 is 5.32 Å². The van der Waals surface area contributed by atoms with Gasteiger partial charge in [0.05, 0.1) is 0 Å². The Bertz CT molecular complexity index is 784. The van der Waals surface area contributed by atoms with Crippen LogP contribution in [0.15, 0.2) is 8.76 Å². The van der Waals surface area contributed by atoms with Crippen LogP contribution in [0.5, 0.6) is 0 Å². The van der Waals surface area contributed by atoms with Gasteiger partial charge in [0.1, 0.15) is 10.8 Å². The lowest BCUT2D eigenvalue weighted by Gasteiger charge is -2.05. The molecular formula is C13H16N6OS2. The maximum absolute atomic E-state index is 5.46. The molecule has 0 spiro atoms. The van der Waals surface area contributed by atoms with E-state index in [2.05, 4.69) is 30.5 Å². The van der Waals surface area contributed by atoms with E-state index in [4.69, 9.17) is 4.42 Å². The van der Waals surface area contributed by atoms with E-state index in [0.717, 1.165) is 33.9 Å². The first-order valence-electron chi connectivity index (χ1n) is 6.90. The number of thioether (sulfide) groups is 1. The average Bonchev–Trinajstić information content (AvgIpc) is 3.03. The van der Waals surface area contributed by atoms with Crippen LogP contribution in [0.3, 0.4) is 0 Å². The van der Waals surface area contributed by atoms with E-state index in [-0.39, 0.29) is 0 Å². The van der Waals surface area contributed by atoms with Crippen LogP contribution in [0.4, 0.5) is 5.82 Å². The first-order valence-corrected chi connectivity index (χ1v) is 8.70. The number of rotatable bonds is 6. The molecule has 0 fully saturated rings. The maximum Gasteiger partial charge on any atom is 0.252 e. The van der Waals surface area contributed by atoms with Gasteiger partial charge in [-0.3, -0.25) is 0 Å². The van der Waals surface area contributed by atoms with Crippen molar-refractivity contribution in [1.29, 1.82) is 0 Å². The summed E-state index contributed by atoms with van der Waals surface area (Å²) < 4.78 is 6.48. The highest BCUT2D eigenvalue weighted by Crippen LogP contribution is 2.23. The third kappa shape index (κ3) is 3.53. The molecule has 0 saturated carbocycles. The summed E-state index contributed by atoms with van der Waals surface area (Å²) in [6, 6.07) is 0.